The lowest BCUT2D eigenvalue weighted by Crippen LogP contribution is -2.48. The summed E-state index contributed by atoms with van der Waals surface area (Å²) in [6.45, 7) is 3.41. The Kier molecular flexibility index (Phi) is 6.83. The Balaban J connectivity index is 0.00000208. The van der Waals surface area contributed by atoms with Crippen molar-refractivity contribution in [3.05, 3.63) is 64.6 Å². The molecule has 1 heterocycles. The molecule has 24 heavy (non-hydrogen) atoms. The van der Waals surface area contributed by atoms with Gasteiger partial charge in [-0.1, -0.05) is 42.5 Å². The van der Waals surface area contributed by atoms with E-state index in [1.165, 1.54) is 5.56 Å². The van der Waals surface area contributed by atoms with E-state index < -0.39 is 10.0 Å². The quantitative estimate of drug-likeness (QED) is 0.745. The van der Waals surface area contributed by atoms with Crippen molar-refractivity contribution in [3.8, 4) is 0 Å². The van der Waals surface area contributed by atoms with Gasteiger partial charge in [-0.2, -0.15) is 4.31 Å². The maximum absolute atomic E-state index is 12.8. The molecule has 0 aliphatic carbocycles. The lowest BCUT2D eigenvalue weighted by Gasteiger charge is -2.34. The van der Waals surface area contributed by atoms with E-state index in [0.29, 0.717) is 22.5 Å². The number of rotatable bonds is 4. The van der Waals surface area contributed by atoms with Crippen molar-refractivity contribution < 1.29 is 8.42 Å². The minimum atomic E-state index is -3.43. The molecule has 130 valence electrons. The number of hydrogen-bond acceptors (Lipinski definition) is 3. The van der Waals surface area contributed by atoms with Crippen molar-refractivity contribution in [1.82, 2.24) is 9.21 Å². The third-order valence-electron chi connectivity index (χ3n) is 4.03. The Hall–Kier alpha value is -0.920. The van der Waals surface area contributed by atoms with Crippen LogP contribution in [0.2, 0.25) is 0 Å². The Bertz CT molecular complexity index is 763. The van der Waals surface area contributed by atoms with E-state index in [1.807, 2.05) is 24.3 Å². The van der Waals surface area contributed by atoms with E-state index in [1.54, 1.807) is 22.5 Å². The van der Waals surface area contributed by atoms with E-state index in [9.17, 15) is 8.42 Å². The summed E-state index contributed by atoms with van der Waals surface area (Å²) >= 11 is 3.34. The van der Waals surface area contributed by atoms with Gasteiger partial charge >= 0.3 is 0 Å². The van der Waals surface area contributed by atoms with Crippen LogP contribution in [0, 0.1) is 0 Å². The zero-order valence-electron chi connectivity index (χ0n) is 13.1. The summed E-state index contributed by atoms with van der Waals surface area (Å²) in [7, 11) is -3.43. The zero-order chi connectivity index (χ0) is 16.3. The standard InChI is InChI=1S/C17H19BrN2O2S.ClH/c18-16-8-4-5-9-17(16)23(21,22)20-12-10-19(11-13-20)14-15-6-2-1-3-7-15;/h1-9H,10-14H2;1H. The maximum atomic E-state index is 12.8. The summed E-state index contributed by atoms with van der Waals surface area (Å²) in [5.74, 6) is 0. The Morgan fingerprint density at radius 1 is 0.875 bits per heavy atom. The number of halogens is 2. The molecule has 2 aromatic rings. The number of benzene rings is 2. The van der Waals surface area contributed by atoms with Crippen LogP contribution in [-0.4, -0.2) is 43.8 Å². The first-order valence-corrected chi connectivity index (χ1v) is 9.81. The molecule has 7 heteroatoms. The molecule has 0 spiro atoms. The summed E-state index contributed by atoms with van der Waals surface area (Å²) in [4.78, 5) is 2.64. The van der Waals surface area contributed by atoms with E-state index in [-0.39, 0.29) is 12.4 Å². The Morgan fingerprint density at radius 2 is 1.46 bits per heavy atom. The molecule has 0 bridgehead atoms. The molecule has 1 saturated heterocycles. The van der Waals surface area contributed by atoms with Gasteiger partial charge in [-0.3, -0.25) is 4.90 Å². The van der Waals surface area contributed by atoms with E-state index in [0.717, 1.165) is 19.6 Å². The molecule has 1 aliphatic rings. The molecule has 1 aliphatic heterocycles. The fourth-order valence-electron chi connectivity index (χ4n) is 2.76. The van der Waals surface area contributed by atoms with Gasteiger partial charge in [0.1, 0.15) is 0 Å². The van der Waals surface area contributed by atoms with Gasteiger partial charge in [-0.25, -0.2) is 8.42 Å². The fraction of sp³-hybridized carbons (Fsp3) is 0.294. The zero-order valence-corrected chi connectivity index (χ0v) is 16.4. The third kappa shape index (κ3) is 4.37. The maximum Gasteiger partial charge on any atom is 0.244 e. The van der Waals surface area contributed by atoms with Gasteiger partial charge in [-0.15, -0.1) is 12.4 Å². The van der Waals surface area contributed by atoms with Gasteiger partial charge in [0.25, 0.3) is 0 Å². The first kappa shape index (κ1) is 19.4. The molecule has 0 saturated carbocycles. The van der Waals surface area contributed by atoms with Gasteiger partial charge < -0.3 is 0 Å². The molecular formula is C17H20BrClN2O2S. The lowest BCUT2D eigenvalue weighted by molar-refractivity contribution is 0.181. The largest absolute Gasteiger partial charge is 0.296 e. The summed E-state index contributed by atoms with van der Waals surface area (Å²) in [5, 5.41) is 0. The van der Waals surface area contributed by atoms with Crippen LogP contribution in [-0.2, 0) is 16.6 Å². The van der Waals surface area contributed by atoms with Crippen molar-refractivity contribution in [2.75, 3.05) is 26.2 Å². The molecule has 0 aromatic heterocycles. The topological polar surface area (TPSA) is 40.6 Å². The van der Waals surface area contributed by atoms with E-state index in [4.69, 9.17) is 0 Å². The van der Waals surface area contributed by atoms with Crippen LogP contribution < -0.4 is 0 Å². The molecule has 4 nitrogen and oxygen atoms in total. The predicted octanol–water partition coefficient (Wildman–Crippen LogP) is 3.38. The minimum absolute atomic E-state index is 0. The number of piperazine rings is 1. The molecule has 0 unspecified atom stereocenters. The second-order valence-electron chi connectivity index (χ2n) is 5.60. The van der Waals surface area contributed by atoms with Gasteiger partial charge in [0.2, 0.25) is 10.0 Å². The summed E-state index contributed by atoms with van der Waals surface area (Å²) in [5.41, 5.74) is 1.26. The van der Waals surface area contributed by atoms with Crippen molar-refractivity contribution in [3.63, 3.8) is 0 Å². The van der Waals surface area contributed by atoms with Crippen molar-refractivity contribution in [1.29, 1.82) is 0 Å². The molecule has 3 rings (SSSR count). The Labute approximate surface area is 158 Å². The summed E-state index contributed by atoms with van der Waals surface area (Å²) < 4.78 is 27.7. The van der Waals surface area contributed by atoms with Gasteiger partial charge in [0.15, 0.2) is 0 Å². The second kappa shape index (κ2) is 8.45. The summed E-state index contributed by atoms with van der Waals surface area (Å²) in [6, 6.07) is 17.3. The predicted molar refractivity (Wildman–Crippen MR) is 102 cm³/mol. The van der Waals surface area contributed by atoms with E-state index in [2.05, 4.69) is 33.0 Å². The van der Waals surface area contributed by atoms with Crippen LogP contribution in [0.15, 0.2) is 64.0 Å². The van der Waals surface area contributed by atoms with Crippen LogP contribution >= 0.6 is 28.3 Å². The smallest absolute Gasteiger partial charge is 0.244 e. The summed E-state index contributed by atoms with van der Waals surface area (Å²) in [6.07, 6.45) is 0. The SMILES string of the molecule is Cl.O=S(=O)(c1ccccc1Br)N1CCN(Cc2ccccc2)CC1. The van der Waals surface area contributed by atoms with Crippen LogP contribution in [0.3, 0.4) is 0 Å². The van der Waals surface area contributed by atoms with Crippen LogP contribution in [0.5, 0.6) is 0 Å². The highest BCUT2D eigenvalue weighted by Crippen LogP contribution is 2.25. The monoisotopic (exact) mass is 430 g/mol. The number of nitrogens with zero attached hydrogens (tertiary/aromatic N) is 2. The molecule has 0 radical (unpaired) electrons. The highest BCUT2D eigenvalue weighted by Gasteiger charge is 2.29. The fourth-order valence-corrected chi connectivity index (χ4v) is 5.15. The second-order valence-corrected chi connectivity index (χ2v) is 8.36. The first-order chi connectivity index (χ1) is 11.1. The number of hydrogen-bond donors (Lipinski definition) is 0. The van der Waals surface area contributed by atoms with Crippen molar-refractivity contribution >= 4 is 38.4 Å². The molecular weight excluding hydrogens is 412 g/mol. The minimum Gasteiger partial charge on any atom is -0.296 e. The molecule has 1 fully saturated rings. The Morgan fingerprint density at radius 3 is 2.08 bits per heavy atom. The normalized spacial score (nSPS) is 16.5. The molecule has 0 N–H and O–H groups in total. The molecule has 2 aromatic carbocycles. The van der Waals surface area contributed by atoms with Crippen LogP contribution in [0.4, 0.5) is 0 Å². The third-order valence-corrected chi connectivity index (χ3v) is 6.95. The van der Waals surface area contributed by atoms with Crippen LogP contribution in [0.25, 0.3) is 0 Å². The van der Waals surface area contributed by atoms with Gasteiger partial charge in [-0.05, 0) is 33.6 Å². The van der Waals surface area contributed by atoms with Gasteiger partial charge in [0, 0.05) is 37.2 Å². The number of sulfonamides is 1. The molecule has 0 amide bonds. The van der Waals surface area contributed by atoms with Gasteiger partial charge in [0.05, 0.1) is 4.90 Å². The lowest BCUT2D eigenvalue weighted by atomic mass is 10.2. The van der Waals surface area contributed by atoms with Crippen LogP contribution in [0.1, 0.15) is 5.56 Å². The van der Waals surface area contributed by atoms with Crippen molar-refractivity contribution in [2.24, 2.45) is 0 Å². The van der Waals surface area contributed by atoms with E-state index >= 15 is 0 Å². The van der Waals surface area contributed by atoms with Crippen molar-refractivity contribution in [2.45, 2.75) is 11.4 Å². The highest BCUT2D eigenvalue weighted by atomic mass is 79.9. The first-order valence-electron chi connectivity index (χ1n) is 7.58. The molecule has 0 atom stereocenters. The average molecular weight is 432 g/mol. The highest BCUT2D eigenvalue weighted by molar-refractivity contribution is 9.10. The average Bonchev–Trinajstić information content (AvgIpc) is 2.56.